The molecule has 0 aliphatic heterocycles. The molecular formula is C14H13NO3S. The van der Waals surface area contributed by atoms with Gasteiger partial charge >= 0.3 is 0 Å². The molecule has 0 aliphatic rings. The lowest BCUT2D eigenvalue weighted by Crippen LogP contribution is -2.12. The van der Waals surface area contributed by atoms with Gasteiger partial charge < -0.3 is 0 Å². The van der Waals surface area contributed by atoms with Crippen LogP contribution >= 0.6 is 0 Å². The Balaban J connectivity index is 2.15. The van der Waals surface area contributed by atoms with Crippen molar-refractivity contribution in [1.29, 1.82) is 0 Å². The van der Waals surface area contributed by atoms with Gasteiger partial charge in [-0.3, -0.25) is 9.36 Å². The monoisotopic (exact) mass is 275 g/mol. The van der Waals surface area contributed by atoms with Crippen LogP contribution in [0.15, 0.2) is 70.5 Å². The molecular weight excluding hydrogens is 262 g/mol. The third-order valence-electron chi connectivity index (χ3n) is 2.54. The molecule has 0 N–H and O–H groups in total. The van der Waals surface area contributed by atoms with E-state index in [-0.39, 0.29) is 16.2 Å². The maximum Gasteiger partial charge on any atom is 0.254 e. The SMILES string of the molecule is O=c1ccccn1C=CCS(=O)(=O)c1ccccc1. The van der Waals surface area contributed by atoms with Gasteiger partial charge in [0.05, 0.1) is 10.6 Å². The van der Waals surface area contributed by atoms with Crippen molar-refractivity contribution in [3.8, 4) is 0 Å². The van der Waals surface area contributed by atoms with Gasteiger partial charge in [-0.15, -0.1) is 0 Å². The van der Waals surface area contributed by atoms with Crippen molar-refractivity contribution in [3.05, 3.63) is 71.2 Å². The summed E-state index contributed by atoms with van der Waals surface area (Å²) in [5, 5.41) is 0. The van der Waals surface area contributed by atoms with Gasteiger partial charge in [-0.2, -0.15) is 0 Å². The number of hydrogen-bond acceptors (Lipinski definition) is 3. The van der Waals surface area contributed by atoms with Gasteiger partial charge in [-0.1, -0.05) is 30.3 Å². The molecule has 2 aromatic rings. The summed E-state index contributed by atoms with van der Waals surface area (Å²) >= 11 is 0. The topological polar surface area (TPSA) is 56.1 Å². The van der Waals surface area contributed by atoms with Crippen LogP contribution in [0.25, 0.3) is 6.20 Å². The molecule has 98 valence electrons. The van der Waals surface area contributed by atoms with E-state index >= 15 is 0 Å². The summed E-state index contributed by atoms with van der Waals surface area (Å²) in [5.41, 5.74) is -0.198. The molecule has 1 aromatic heterocycles. The first-order chi connectivity index (χ1) is 9.09. The molecule has 0 atom stereocenters. The predicted octanol–water partition coefficient (Wildman–Crippen LogP) is 1.79. The summed E-state index contributed by atoms with van der Waals surface area (Å²) in [7, 11) is -3.35. The molecule has 5 heteroatoms. The number of nitrogens with zero attached hydrogens (tertiary/aromatic N) is 1. The van der Waals surface area contributed by atoms with Gasteiger partial charge in [0, 0.05) is 18.5 Å². The van der Waals surface area contributed by atoms with Gasteiger partial charge in [0.2, 0.25) is 0 Å². The molecule has 0 radical (unpaired) electrons. The molecule has 0 amide bonds. The van der Waals surface area contributed by atoms with Crippen LogP contribution in [0.3, 0.4) is 0 Å². The van der Waals surface area contributed by atoms with Gasteiger partial charge in [-0.05, 0) is 18.2 Å². The number of hydrogen-bond donors (Lipinski definition) is 0. The van der Waals surface area contributed by atoms with E-state index in [0.717, 1.165) is 0 Å². The zero-order valence-electron chi connectivity index (χ0n) is 10.1. The molecule has 0 unspecified atom stereocenters. The van der Waals surface area contributed by atoms with Crippen molar-refractivity contribution in [2.75, 3.05) is 5.75 Å². The van der Waals surface area contributed by atoms with Crippen molar-refractivity contribution >= 4 is 16.0 Å². The van der Waals surface area contributed by atoms with E-state index in [0.29, 0.717) is 0 Å². The number of sulfone groups is 1. The highest BCUT2D eigenvalue weighted by Crippen LogP contribution is 2.10. The van der Waals surface area contributed by atoms with Crippen molar-refractivity contribution in [3.63, 3.8) is 0 Å². The zero-order chi connectivity index (χ0) is 13.7. The Bertz CT molecular complexity index is 731. The highest BCUT2D eigenvalue weighted by Gasteiger charge is 2.10. The molecule has 19 heavy (non-hydrogen) atoms. The Morgan fingerprint density at radius 3 is 2.37 bits per heavy atom. The second kappa shape index (κ2) is 5.67. The minimum absolute atomic E-state index is 0.141. The summed E-state index contributed by atoms with van der Waals surface area (Å²) in [6, 6.07) is 13.0. The summed E-state index contributed by atoms with van der Waals surface area (Å²) in [6.45, 7) is 0. The molecule has 0 spiro atoms. The third-order valence-corrected chi connectivity index (χ3v) is 4.16. The molecule has 0 aliphatic carbocycles. The maximum atomic E-state index is 12.0. The van der Waals surface area contributed by atoms with Crippen LogP contribution in [0.1, 0.15) is 0 Å². The first kappa shape index (κ1) is 13.3. The van der Waals surface area contributed by atoms with Gasteiger partial charge in [0.1, 0.15) is 0 Å². The van der Waals surface area contributed by atoms with Crippen molar-refractivity contribution in [1.82, 2.24) is 4.57 Å². The predicted molar refractivity (Wildman–Crippen MR) is 74.5 cm³/mol. The quantitative estimate of drug-likeness (QED) is 0.855. The minimum atomic E-state index is -3.35. The van der Waals surface area contributed by atoms with E-state index in [1.54, 1.807) is 48.7 Å². The molecule has 2 rings (SSSR count). The van der Waals surface area contributed by atoms with Crippen LogP contribution in [0.2, 0.25) is 0 Å². The smallest absolute Gasteiger partial charge is 0.254 e. The van der Waals surface area contributed by atoms with Crippen LogP contribution in [0, 0.1) is 0 Å². The lowest BCUT2D eigenvalue weighted by Gasteiger charge is -2.01. The average molecular weight is 275 g/mol. The van der Waals surface area contributed by atoms with E-state index in [1.807, 2.05) is 0 Å². The number of rotatable bonds is 4. The van der Waals surface area contributed by atoms with E-state index in [1.165, 1.54) is 22.9 Å². The van der Waals surface area contributed by atoms with Crippen LogP contribution in [0.5, 0.6) is 0 Å². The van der Waals surface area contributed by atoms with E-state index in [2.05, 4.69) is 0 Å². The molecule has 0 saturated heterocycles. The Labute approximate surface area is 111 Å². The highest BCUT2D eigenvalue weighted by atomic mass is 32.2. The number of aromatic nitrogens is 1. The standard InChI is InChI=1S/C14H13NO3S/c16-14-9-4-5-10-15(14)11-6-12-19(17,18)13-7-2-1-3-8-13/h1-11H,12H2. The summed E-state index contributed by atoms with van der Waals surface area (Å²) < 4.78 is 25.3. The Kier molecular flexibility index (Phi) is 3.97. The summed E-state index contributed by atoms with van der Waals surface area (Å²) in [5.74, 6) is -0.141. The Hall–Kier alpha value is -2.14. The zero-order valence-corrected chi connectivity index (χ0v) is 11.0. The molecule has 0 saturated carbocycles. The first-order valence-electron chi connectivity index (χ1n) is 5.71. The molecule has 1 aromatic carbocycles. The van der Waals surface area contributed by atoms with Crippen LogP contribution in [-0.2, 0) is 9.84 Å². The summed E-state index contributed by atoms with van der Waals surface area (Å²) in [6.07, 6.45) is 4.50. The number of pyridine rings is 1. The molecule has 1 heterocycles. The van der Waals surface area contributed by atoms with Crippen LogP contribution in [-0.4, -0.2) is 18.7 Å². The Morgan fingerprint density at radius 1 is 1.00 bits per heavy atom. The highest BCUT2D eigenvalue weighted by molar-refractivity contribution is 7.91. The maximum absolute atomic E-state index is 12.0. The van der Waals surface area contributed by atoms with Crippen LogP contribution < -0.4 is 5.56 Å². The average Bonchev–Trinajstić information content (AvgIpc) is 2.42. The van der Waals surface area contributed by atoms with E-state index in [4.69, 9.17) is 0 Å². The van der Waals surface area contributed by atoms with E-state index in [9.17, 15) is 13.2 Å². The van der Waals surface area contributed by atoms with Gasteiger partial charge in [0.15, 0.2) is 9.84 Å². The molecule has 0 fully saturated rings. The minimum Gasteiger partial charge on any atom is -0.291 e. The fourth-order valence-corrected chi connectivity index (χ4v) is 2.67. The fourth-order valence-electron chi connectivity index (χ4n) is 1.57. The van der Waals surface area contributed by atoms with Crippen LogP contribution in [0.4, 0.5) is 0 Å². The second-order valence-corrected chi connectivity index (χ2v) is 5.96. The summed E-state index contributed by atoms with van der Waals surface area (Å²) in [4.78, 5) is 11.7. The molecule has 4 nitrogen and oxygen atoms in total. The van der Waals surface area contributed by atoms with E-state index < -0.39 is 9.84 Å². The van der Waals surface area contributed by atoms with Crippen molar-refractivity contribution < 1.29 is 8.42 Å². The first-order valence-corrected chi connectivity index (χ1v) is 7.36. The van der Waals surface area contributed by atoms with Crippen molar-refractivity contribution in [2.45, 2.75) is 4.90 Å². The van der Waals surface area contributed by atoms with Gasteiger partial charge in [-0.25, -0.2) is 8.42 Å². The van der Waals surface area contributed by atoms with Gasteiger partial charge in [0.25, 0.3) is 5.56 Å². The Morgan fingerprint density at radius 2 is 1.68 bits per heavy atom. The van der Waals surface area contributed by atoms with Crippen molar-refractivity contribution in [2.24, 2.45) is 0 Å². The molecule has 0 bridgehead atoms. The fraction of sp³-hybridized carbons (Fsp3) is 0.0714. The lowest BCUT2D eigenvalue weighted by atomic mass is 10.4. The third kappa shape index (κ3) is 3.42. The largest absolute Gasteiger partial charge is 0.291 e. The lowest BCUT2D eigenvalue weighted by molar-refractivity contribution is 0.599. The number of benzene rings is 1. The normalized spacial score (nSPS) is 11.8. The second-order valence-electron chi connectivity index (χ2n) is 3.93.